The lowest BCUT2D eigenvalue weighted by molar-refractivity contribution is 0.110. The van der Waals surface area contributed by atoms with E-state index in [9.17, 15) is 4.79 Å². The molecular formula is C27H25Cl3N2O3. The highest BCUT2D eigenvalue weighted by atomic mass is 35.5. The highest BCUT2D eigenvalue weighted by molar-refractivity contribution is 6.31. The number of benzene rings is 2. The molecule has 1 aliphatic carbocycles. The molecule has 0 spiro atoms. The molecule has 2 aromatic carbocycles. The number of H-pyrrole nitrogens is 1. The third kappa shape index (κ3) is 5.18. The van der Waals surface area contributed by atoms with Gasteiger partial charge in [0.05, 0.1) is 6.61 Å². The van der Waals surface area contributed by atoms with E-state index in [1.165, 1.54) is 5.56 Å². The van der Waals surface area contributed by atoms with Gasteiger partial charge in [-0.3, -0.25) is 4.90 Å². The molecule has 0 fully saturated rings. The number of halogens is 3. The minimum absolute atomic E-state index is 0.336. The first-order valence-corrected chi connectivity index (χ1v) is 12.9. The Labute approximate surface area is 219 Å². The van der Waals surface area contributed by atoms with Crippen LogP contribution in [0.5, 0.6) is 5.75 Å². The summed E-state index contributed by atoms with van der Waals surface area (Å²) in [7, 11) is 0. The Kier molecular flexibility index (Phi) is 7.28. The van der Waals surface area contributed by atoms with E-state index in [0.29, 0.717) is 49.1 Å². The van der Waals surface area contributed by atoms with Gasteiger partial charge in [0.15, 0.2) is 0 Å². The van der Waals surface area contributed by atoms with E-state index < -0.39 is 0 Å². The van der Waals surface area contributed by atoms with Crippen LogP contribution < -0.4 is 4.74 Å². The monoisotopic (exact) mass is 530 g/mol. The molecule has 35 heavy (non-hydrogen) atoms. The highest BCUT2D eigenvalue weighted by Gasteiger charge is 2.36. The quantitative estimate of drug-likeness (QED) is 0.262. The first kappa shape index (κ1) is 24.1. The predicted octanol–water partition coefficient (Wildman–Crippen LogP) is 7.71. The van der Waals surface area contributed by atoms with E-state index in [2.05, 4.69) is 4.98 Å². The van der Waals surface area contributed by atoms with Crippen LogP contribution in [0.2, 0.25) is 5.02 Å². The normalized spacial score (nSPS) is 17.6. The lowest BCUT2D eigenvalue weighted by Gasteiger charge is -2.35. The molecular weight excluding hydrogens is 507 g/mol. The molecule has 0 saturated carbocycles. The standard InChI is InChI=1S/C27H25Cl3N2O3/c28-13-1-15-34-20-7-2-17(3-8-20)26-25-22(23-16-19(30)6-11-24(23)31-25)12-14-32(26)27(33)35-21-9-4-18(29)5-10-21/h2-4,6-9,11,16,26,31H,1,5,10,12-15H2. The van der Waals surface area contributed by atoms with E-state index in [4.69, 9.17) is 44.3 Å². The summed E-state index contributed by atoms with van der Waals surface area (Å²) in [6.45, 7) is 1.08. The number of nitrogens with zero attached hydrogens (tertiary/aromatic N) is 1. The predicted molar refractivity (Wildman–Crippen MR) is 141 cm³/mol. The Bertz CT molecular complexity index is 1300. The lowest BCUT2D eigenvalue weighted by Crippen LogP contribution is -2.40. The van der Waals surface area contributed by atoms with Gasteiger partial charge in [-0.05, 0) is 72.9 Å². The zero-order chi connectivity index (χ0) is 24.4. The topological polar surface area (TPSA) is 54.6 Å². The molecule has 1 atom stereocenters. The summed E-state index contributed by atoms with van der Waals surface area (Å²) in [5.41, 5.74) is 4.11. The molecule has 2 aliphatic rings. The van der Waals surface area contributed by atoms with Gasteiger partial charge in [0.25, 0.3) is 0 Å². The number of nitrogens with one attached hydrogen (secondary N) is 1. The van der Waals surface area contributed by atoms with Gasteiger partial charge in [0, 0.05) is 45.5 Å². The molecule has 5 rings (SSSR count). The molecule has 1 amide bonds. The summed E-state index contributed by atoms with van der Waals surface area (Å²) in [6.07, 6.45) is 5.92. The van der Waals surface area contributed by atoms with Gasteiger partial charge >= 0.3 is 6.09 Å². The number of hydrogen-bond donors (Lipinski definition) is 1. The van der Waals surface area contributed by atoms with Crippen LogP contribution in [0.4, 0.5) is 4.79 Å². The van der Waals surface area contributed by atoms with Crippen LogP contribution in [0.3, 0.4) is 0 Å². The number of amides is 1. The van der Waals surface area contributed by atoms with Crippen molar-refractivity contribution in [1.29, 1.82) is 0 Å². The van der Waals surface area contributed by atoms with Crippen molar-refractivity contribution in [2.24, 2.45) is 0 Å². The highest BCUT2D eigenvalue weighted by Crippen LogP contribution is 2.40. The van der Waals surface area contributed by atoms with E-state index >= 15 is 0 Å². The third-order valence-electron chi connectivity index (χ3n) is 6.34. The molecule has 2 heterocycles. The van der Waals surface area contributed by atoms with E-state index in [1.807, 2.05) is 42.5 Å². The smallest absolute Gasteiger partial charge is 0.415 e. The molecule has 1 N–H and O–H groups in total. The Morgan fingerprint density at radius 3 is 2.63 bits per heavy atom. The van der Waals surface area contributed by atoms with Crippen molar-refractivity contribution in [3.63, 3.8) is 0 Å². The summed E-state index contributed by atoms with van der Waals surface area (Å²) in [4.78, 5) is 18.7. The van der Waals surface area contributed by atoms with Gasteiger partial charge in [-0.25, -0.2) is 4.79 Å². The summed E-state index contributed by atoms with van der Waals surface area (Å²) in [5.74, 6) is 1.95. The van der Waals surface area contributed by atoms with E-state index in [0.717, 1.165) is 39.4 Å². The number of carbonyl (C=O) groups excluding carboxylic acids is 1. The van der Waals surface area contributed by atoms with Crippen LogP contribution in [0.15, 0.2) is 65.4 Å². The van der Waals surface area contributed by atoms with Crippen LogP contribution in [0, 0.1) is 0 Å². The van der Waals surface area contributed by atoms with Crippen molar-refractivity contribution >= 4 is 51.8 Å². The zero-order valence-electron chi connectivity index (χ0n) is 19.0. The van der Waals surface area contributed by atoms with Gasteiger partial charge in [0.1, 0.15) is 17.6 Å². The molecule has 182 valence electrons. The van der Waals surface area contributed by atoms with Crippen LogP contribution in [0.25, 0.3) is 10.9 Å². The summed E-state index contributed by atoms with van der Waals surface area (Å²) in [5, 5.41) is 2.53. The van der Waals surface area contributed by atoms with Crippen molar-refractivity contribution in [3.8, 4) is 5.75 Å². The Morgan fingerprint density at radius 2 is 1.89 bits per heavy atom. The SMILES string of the molecule is O=C(OC1=CC=C(Cl)CC1)N1CCc2c([nH]c3ccc(Cl)cc23)C1c1ccc(OCCCCl)cc1. The van der Waals surface area contributed by atoms with Crippen molar-refractivity contribution in [2.45, 2.75) is 31.7 Å². The van der Waals surface area contributed by atoms with E-state index in [-0.39, 0.29) is 12.1 Å². The first-order valence-electron chi connectivity index (χ1n) is 11.7. The fourth-order valence-corrected chi connectivity index (χ4v) is 5.08. The number of aromatic amines is 1. The van der Waals surface area contributed by atoms with Crippen LogP contribution >= 0.6 is 34.8 Å². The van der Waals surface area contributed by atoms with Gasteiger partial charge in [0.2, 0.25) is 0 Å². The Hall–Kier alpha value is -2.60. The maximum absolute atomic E-state index is 13.4. The summed E-state index contributed by atoms with van der Waals surface area (Å²) in [6, 6.07) is 13.3. The number of allylic oxidation sites excluding steroid dienone is 4. The number of ether oxygens (including phenoxy) is 2. The zero-order valence-corrected chi connectivity index (χ0v) is 21.3. The Morgan fingerprint density at radius 1 is 1.06 bits per heavy atom. The van der Waals surface area contributed by atoms with Crippen molar-refractivity contribution in [2.75, 3.05) is 19.0 Å². The minimum Gasteiger partial charge on any atom is -0.494 e. The number of carbonyl (C=O) groups is 1. The number of aromatic nitrogens is 1. The Balaban J connectivity index is 1.49. The fraction of sp³-hybridized carbons (Fsp3) is 0.296. The lowest BCUT2D eigenvalue weighted by atomic mass is 9.92. The molecule has 5 nitrogen and oxygen atoms in total. The van der Waals surface area contributed by atoms with Crippen LogP contribution in [-0.4, -0.2) is 35.0 Å². The average molecular weight is 532 g/mol. The second-order valence-electron chi connectivity index (χ2n) is 8.63. The average Bonchev–Trinajstić information content (AvgIpc) is 3.23. The minimum atomic E-state index is -0.377. The molecule has 1 unspecified atom stereocenters. The summed E-state index contributed by atoms with van der Waals surface area (Å²) >= 11 is 18.1. The van der Waals surface area contributed by atoms with Gasteiger partial charge in [-0.2, -0.15) is 0 Å². The van der Waals surface area contributed by atoms with Crippen molar-refractivity contribution < 1.29 is 14.3 Å². The fourth-order valence-electron chi connectivity index (χ4n) is 4.64. The molecule has 1 aliphatic heterocycles. The van der Waals surface area contributed by atoms with Crippen LogP contribution in [0.1, 0.15) is 42.1 Å². The van der Waals surface area contributed by atoms with Crippen molar-refractivity contribution in [1.82, 2.24) is 9.88 Å². The third-order valence-corrected chi connectivity index (χ3v) is 7.16. The molecule has 0 saturated heterocycles. The van der Waals surface area contributed by atoms with Gasteiger partial charge < -0.3 is 14.5 Å². The first-order chi connectivity index (χ1) is 17.0. The largest absolute Gasteiger partial charge is 0.494 e. The second kappa shape index (κ2) is 10.6. The van der Waals surface area contributed by atoms with E-state index in [1.54, 1.807) is 17.1 Å². The molecule has 1 aromatic heterocycles. The summed E-state index contributed by atoms with van der Waals surface area (Å²) < 4.78 is 11.6. The number of rotatable bonds is 6. The van der Waals surface area contributed by atoms with Crippen LogP contribution in [-0.2, 0) is 11.2 Å². The number of fused-ring (bicyclic) bond motifs is 3. The van der Waals surface area contributed by atoms with Gasteiger partial charge in [-0.15, -0.1) is 11.6 Å². The van der Waals surface area contributed by atoms with Crippen molar-refractivity contribution in [3.05, 3.63) is 87.3 Å². The number of hydrogen-bond acceptors (Lipinski definition) is 3. The van der Waals surface area contributed by atoms with Gasteiger partial charge in [-0.1, -0.05) is 35.3 Å². The molecule has 8 heteroatoms. The number of alkyl halides is 1. The molecule has 0 radical (unpaired) electrons. The second-order valence-corrected chi connectivity index (χ2v) is 9.93. The maximum Gasteiger partial charge on any atom is 0.415 e. The molecule has 3 aromatic rings. The molecule has 0 bridgehead atoms. The maximum atomic E-state index is 13.4.